The summed E-state index contributed by atoms with van der Waals surface area (Å²) in [6.07, 6.45) is 0.542. The van der Waals surface area contributed by atoms with Crippen molar-refractivity contribution in [3.63, 3.8) is 0 Å². The topological polar surface area (TPSA) is 102 Å². The predicted molar refractivity (Wildman–Crippen MR) is 73.3 cm³/mol. The SMILES string of the molecule is Cc1c(N)cccc1S(=O)(=O)NCCCOCCO. The summed E-state index contributed by atoms with van der Waals surface area (Å²) in [4.78, 5) is 0.198. The molecule has 0 aliphatic rings. The van der Waals surface area contributed by atoms with Crippen LogP contribution >= 0.6 is 0 Å². The molecule has 0 heterocycles. The summed E-state index contributed by atoms with van der Waals surface area (Å²) in [5.41, 5.74) is 6.69. The number of anilines is 1. The standard InChI is InChI=1S/C12H20N2O4S/c1-10-11(13)4-2-5-12(10)19(16,17)14-6-3-8-18-9-7-15/h2,4-5,14-15H,3,6-9,13H2,1H3. The van der Waals surface area contributed by atoms with Gasteiger partial charge in [0.25, 0.3) is 0 Å². The molecule has 7 heteroatoms. The zero-order chi connectivity index (χ0) is 14.3. The molecule has 1 rings (SSSR count). The number of rotatable bonds is 8. The fraction of sp³-hybridized carbons (Fsp3) is 0.500. The minimum absolute atomic E-state index is 0.0335. The molecule has 4 N–H and O–H groups in total. The molecule has 0 amide bonds. The normalized spacial score (nSPS) is 11.7. The maximum absolute atomic E-state index is 12.0. The highest BCUT2D eigenvalue weighted by Gasteiger charge is 2.16. The second-order valence-corrected chi connectivity index (χ2v) is 5.79. The van der Waals surface area contributed by atoms with Crippen LogP contribution in [0.5, 0.6) is 0 Å². The third kappa shape index (κ3) is 4.79. The van der Waals surface area contributed by atoms with E-state index in [1.807, 2.05) is 0 Å². The Labute approximate surface area is 113 Å². The fourth-order valence-electron chi connectivity index (χ4n) is 1.55. The minimum Gasteiger partial charge on any atom is -0.398 e. The van der Waals surface area contributed by atoms with Crippen LogP contribution in [0.4, 0.5) is 5.69 Å². The molecule has 1 aromatic carbocycles. The molecule has 0 atom stereocenters. The van der Waals surface area contributed by atoms with Gasteiger partial charge in [0.15, 0.2) is 0 Å². The molecule has 0 bridgehead atoms. The molecule has 0 aliphatic heterocycles. The van der Waals surface area contributed by atoms with Crippen LogP contribution in [-0.2, 0) is 14.8 Å². The molecule has 0 radical (unpaired) electrons. The van der Waals surface area contributed by atoms with Gasteiger partial charge in [-0.2, -0.15) is 0 Å². The number of sulfonamides is 1. The van der Waals surface area contributed by atoms with Gasteiger partial charge in [0.1, 0.15) is 0 Å². The second-order valence-electron chi connectivity index (χ2n) is 4.06. The second kappa shape index (κ2) is 7.44. The lowest BCUT2D eigenvalue weighted by molar-refractivity contribution is 0.0913. The molecule has 0 aromatic heterocycles. The Kier molecular flexibility index (Phi) is 6.23. The van der Waals surface area contributed by atoms with Crippen LogP contribution in [0, 0.1) is 6.92 Å². The average Bonchev–Trinajstić information content (AvgIpc) is 2.36. The highest BCUT2D eigenvalue weighted by molar-refractivity contribution is 7.89. The van der Waals surface area contributed by atoms with Crippen LogP contribution < -0.4 is 10.5 Å². The highest BCUT2D eigenvalue weighted by atomic mass is 32.2. The van der Waals surface area contributed by atoms with E-state index in [0.29, 0.717) is 24.3 Å². The summed E-state index contributed by atoms with van der Waals surface area (Å²) in [6, 6.07) is 4.80. The van der Waals surface area contributed by atoms with Crippen LogP contribution in [-0.4, -0.2) is 39.9 Å². The number of nitrogen functional groups attached to an aromatic ring is 1. The third-order valence-corrected chi connectivity index (χ3v) is 4.21. The Morgan fingerprint density at radius 1 is 1.37 bits per heavy atom. The van der Waals surface area contributed by atoms with Crippen molar-refractivity contribution in [2.45, 2.75) is 18.2 Å². The van der Waals surface area contributed by atoms with Crippen molar-refractivity contribution in [3.05, 3.63) is 23.8 Å². The van der Waals surface area contributed by atoms with Crippen molar-refractivity contribution >= 4 is 15.7 Å². The Balaban J connectivity index is 2.54. The van der Waals surface area contributed by atoms with Gasteiger partial charge in [-0.15, -0.1) is 0 Å². The lowest BCUT2D eigenvalue weighted by Gasteiger charge is -2.10. The molecule has 0 saturated heterocycles. The van der Waals surface area contributed by atoms with Gasteiger partial charge in [-0.3, -0.25) is 0 Å². The van der Waals surface area contributed by atoms with Gasteiger partial charge in [-0.05, 0) is 31.0 Å². The summed E-state index contributed by atoms with van der Waals surface area (Å²) >= 11 is 0. The molecule has 0 fully saturated rings. The average molecular weight is 288 g/mol. The maximum atomic E-state index is 12.0. The van der Waals surface area contributed by atoms with E-state index in [1.165, 1.54) is 6.07 Å². The molecule has 1 aromatic rings. The van der Waals surface area contributed by atoms with E-state index in [4.69, 9.17) is 15.6 Å². The Morgan fingerprint density at radius 2 is 2.11 bits per heavy atom. The molecule has 0 saturated carbocycles. The van der Waals surface area contributed by atoms with Crippen LogP contribution in [0.15, 0.2) is 23.1 Å². The van der Waals surface area contributed by atoms with Gasteiger partial charge >= 0.3 is 0 Å². The van der Waals surface area contributed by atoms with Gasteiger partial charge in [0.05, 0.1) is 18.1 Å². The quantitative estimate of drug-likeness (QED) is 0.470. The molecular weight excluding hydrogens is 268 g/mol. The van der Waals surface area contributed by atoms with Gasteiger partial charge < -0.3 is 15.6 Å². The predicted octanol–water partition coefficient (Wildman–Crippen LogP) is 0.255. The van der Waals surface area contributed by atoms with Gasteiger partial charge in [-0.1, -0.05) is 6.07 Å². The number of aliphatic hydroxyl groups is 1. The van der Waals surface area contributed by atoms with Crippen molar-refractivity contribution < 1.29 is 18.3 Å². The number of hydrogen-bond acceptors (Lipinski definition) is 5. The van der Waals surface area contributed by atoms with E-state index in [9.17, 15) is 8.42 Å². The molecule has 0 aliphatic carbocycles. The van der Waals surface area contributed by atoms with Gasteiger partial charge in [0.2, 0.25) is 10.0 Å². The van der Waals surface area contributed by atoms with Gasteiger partial charge in [-0.25, -0.2) is 13.1 Å². The number of nitrogens with two attached hydrogens (primary N) is 1. The van der Waals surface area contributed by atoms with Crippen LogP contribution in [0.1, 0.15) is 12.0 Å². The Hall–Kier alpha value is -1.15. The summed E-state index contributed by atoms with van der Waals surface area (Å²) in [5.74, 6) is 0. The Morgan fingerprint density at radius 3 is 2.79 bits per heavy atom. The van der Waals surface area contributed by atoms with E-state index in [1.54, 1.807) is 19.1 Å². The summed E-state index contributed by atoms with van der Waals surface area (Å²) < 4.78 is 31.6. The van der Waals surface area contributed by atoms with Crippen LogP contribution in [0.3, 0.4) is 0 Å². The molecule has 0 spiro atoms. The molecule has 19 heavy (non-hydrogen) atoms. The van der Waals surface area contributed by atoms with Crippen molar-refractivity contribution in [3.8, 4) is 0 Å². The van der Waals surface area contributed by atoms with E-state index in [0.717, 1.165) is 0 Å². The number of ether oxygens (including phenoxy) is 1. The zero-order valence-corrected chi connectivity index (χ0v) is 11.7. The molecule has 6 nitrogen and oxygen atoms in total. The van der Waals surface area contributed by atoms with E-state index >= 15 is 0 Å². The maximum Gasteiger partial charge on any atom is 0.240 e. The monoisotopic (exact) mass is 288 g/mol. The number of aliphatic hydroxyl groups excluding tert-OH is 1. The number of benzene rings is 1. The first-order chi connectivity index (χ1) is 8.99. The number of hydrogen-bond donors (Lipinski definition) is 3. The van der Waals surface area contributed by atoms with E-state index in [2.05, 4.69) is 4.72 Å². The fourth-order valence-corrected chi connectivity index (χ4v) is 2.89. The minimum atomic E-state index is -3.54. The largest absolute Gasteiger partial charge is 0.398 e. The van der Waals surface area contributed by atoms with E-state index in [-0.39, 0.29) is 24.7 Å². The lowest BCUT2D eigenvalue weighted by atomic mass is 10.2. The molecular formula is C12H20N2O4S. The first-order valence-corrected chi connectivity index (χ1v) is 7.50. The van der Waals surface area contributed by atoms with Crippen molar-refractivity contribution in [1.29, 1.82) is 0 Å². The van der Waals surface area contributed by atoms with Crippen LogP contribution in [0.25, 0.3) is 0 Å². The lowest BCUT2D eigenvalue weighted by Crippen LogP contribution is -2.26. The number of nitrogens with one attached hydrogen (secondary N) is 1. The van der Waals surface area contributed by atoms with Crippen molar-refractivity contribution in [2.75, 3.05) is 32.1 Å². The first-order valence-electron chi connectivity index (χ1n) is 6.02. The van der Waals surface area contributed by atoms with Crippen molar-refractivity contribution in [2.24, 2.45) is 0 Å². The smallest absolute Gasteiger partial charge is 0.240 e. The highest BCUT2D eigenvalue weighted by Crippen LogP contribution is 2.19. The van der Waals surface area contributed by atoms with E-state index < -0.39 is 10.0 Å². The van der Waals surface area contributed by atoms with Crippen molar-refractivity contribution in [1.82, 2.24) is 4.72 Å². The Bertz CT molecular complexity index is 502. The zero-order valence-electron chi connectivity index (χ0n) is 10.9. The molecule has 0 unspecified atom stereocenters. The summed E-state index contributed by atoms with van der Waals surface area (Å²) in [6.45, 7) is 2.59. The summed E-state index contributed by atoms with van der Waals surface area (Å²) in [7, 11) is -3.54. The summed E-state index contributed by atoms with van der Waals surface area (Å²) in [5, 5.41) is 8.51. The van der Waals surface area contributed by atoms with Gasteiger partial charge in [0, 0.05) is 18.8 Å². The van der Waals surface area contributed by atoms with Crippen LogP contribution in [0.2, 0.25) is 0 Å². The first kappa shape index (κ1) is 15.9. The molecule has 108 valence electrons. The third-order valence-electron chi connectivity index (χ3n) is 2.61.